The van der Waals surface area contributed by atoms with Gasteiger partial charge in [0, 0.05) is 31.9 Å². The third-order valence-corrected chi connectivity index (χ3v) is 6.42. The zero-order valence-electron chi connectivity index (χ0n) is 21.3. The predicted octanol–water partition coefficient (Wildman–Crippen LogP) is 7.74. The van der Waals surface area contributed by atoms with Crippen molar-refractivity contribution in [2.24, 2.45) is 0 Å². The predicted molar refractivity (Wildman–Crippen MR) is 145 cm³/mol. The van der Waals surface area contributed by atoms with Gasteiger partial charge in [0.25, 0.3) is 0 Å². The van der Waals surface area contributed by atoms with Crippen LogP contribution in [0, 0.1) is 32.9 Å². The van der Waals surface area contributed by atoms with Crippen LogP contribution >= 0.6 is 0 Å². The first-order valence-corrected chi connectivity index (χ1v) is 11.9. The second-order valence-corrected chi connectivity index (χ2v) is 9.70. The minimum absolute atomic E-state index is 0. The molecule has 0 atom stereocenters. The maximum absolute atomic E-state index is 4.88. The molecule has 0 unspecified atom stereocenters. The molecule has 0 spiro atoms. The minimum Gasteiger partial charge on any atom is -0.355 e. The number of aromatic nitrogens is 3. The van der Waals surface area contributed by atoms with Gasteiger partial charge in [-0.05, 0) is 50.6 Å². The Morgan fingerprint density at radius 3 is 2.31 bits per heavy atom. The molecule has 0 saturated carbocycles. The maximum atomic E-state index is 4.88. The Bertz CT molecular complexity index is 1470. The van der Waals surface area contributed by atoms with Gasteiger partial charge < -0.3 is 9.55 Å². The van der Waals surface area contributed by atoms with E-state index < -0.39 is 0 Å². The average Bonchev–Trinajstić information content (AvgIpc) is 3.27. The van der Waals surface area contributed by atoms with Crippen LogP contribution in [0.1, 0.15) is 36.1 Å². The fourth-order valence-corrected chi connectivity index (χ4v) is 4.43. The molecule has 3 heterocycles. The Morgan fingerprint density at radius 2 is 1.64 bits per heavy atom. The minimum atomic E-state index is -0.0887. The molecule has 0 aliphatic carbocycles. The molecule has 0 fully saturated rings. The molecular formula is C32H29IrN3-2. The topological polar surface area (TPSA) is 30.7 Å². The van der Waals surface area contributed by atoms with Crippen LogP contribution in [0.5, 0.6) is 0 Å². The van der Waals surface area contributed by atoms with Crippen LogP contribution < -0.4 is 0 Å². The molecular weight excluding hydrogens is 619 g/mol. The van der Waals surface area contributed by atoms with Gasteiger partial charge >= 0.3 is 0 Å². The molecule has 1 radical (unpaired) electrons. The molecule has 36 heavy (non-hydrogen) atoms. The Hall–Kier alpha value is -3.33. The SMILES string of the molecule is Cc1c[c-]c(-c2ccc(C)cn2)cc1.Cc1ccc2nc(-c3[c-]cccc3)n3c2c1C=CC3(C)C.[Ir]. The van der Waals surface area contributed by atoms with Crippen molar-refractivity contribution in [3.05, 3.63) is 113 Å². The van der Waals surface area contributed by atoms with Crippen molar-refractivity contribution in [3.63, 3.8) is 0 Å². The van der Waals surface area contributed by atoms with Gasteiger partial charge in [0.05, 0.1) is 22.4 Å². The number of allylic oxidation sites excluding steroid dienone is 1. The molecule has 1 aliphatic rings. The molecule has 3 nitrogen and oxygen atoms in total. The standard InChI is InChI=1S/C19H17N2.C13H12N.Ir/c1-13-9-10-16-17-15(13)11-12-19(2,3)21(17)18(20-16)14-7-5-4-6-8-14;1-10-3-6-12(7-4-10)13-8-5-11(2)9-14-13;/h4-7,9-12H,1-3H3;3-6,8-9H,1-2H3;/q2*-1;. The second kappa shape index (κ2) is 10.3. The Morgan fingerprint density at radius 1 is 0.833 bits per heavy atom. The Labute approximate surface area is 227 Å². The molecule has 3 aromatic carbocycles. The summed E-state index contributed by atoms with van der Waals surface area (Å²) in [6.07, 6.45) is 6.37. The van der Waals surface area contributed by atoms with Gasteiger partial charge in [0.2, 0.25) is 0 Å². The molecule has 0 saturated heterocycles. The number of benzene rings is 3. The smallest absolute Gasteiger partial charge is 0.0777 e. The van der Waals surface area contributed by atoms with E-state index in [2.05, 4.69) is 91.9 Å². The van der Waals surface area contributed by atoms with E-state index in [-0.39, 0.29) is 25.6 Å². The summed E-state index contributed by atoms with van der Waals surface area (Å²) in [4.78, 5) is 9.23. The zero-order valence-corrected chi connectivity index (χ0v) is 23.7. The summed E-state index contributed by atoms with van der Waals surface area (Å²) in [5.41, 5.74) is 10.2. The number of hydrogen-bond acceptors (Lipinski definition) is 2. The summed E-state index contributed by atoms with van der Waals surface area (Å²) in [6, 6.07) is 29.0. The van der Waals surface area contributed by atoms with Crippen LogP contribution in [0.25, 0.3) is 39.8 Å². The fraction of sp³-hybridized carbons (Fsp3) is 0.188. The monoisotopic (exact) mass is 648 g/mol. The van der Waals surface area contributed by atoms with Crippen LogP contribution in [0.4, 0.5) is 0 Å². The Kier molecular flexibility index (Phi) is 7.40. The van der Waals surface area contributed by atoms with E-state index in [0.29, 0.717) is 0 Å². The van der Waals surface area contributed by atoms with Crippen LogP contribution in [0.3, 0.4) is 0 Å². The summed E-state index contributed by atoms with van der Waals surface area (Å²) in [5, 5.41) is 0. The molecule has 1 aliphatic heterocycles. The third-order valence-electron chi connectivity index (χ3n) is 6.42. The van der Waals surface area contributed by atoms with Gasteiger partial charge in [-0.15, -0.1) is 71.3 Å². The van der Waals surface area contributed by atoms with Crippen molar-refractivity contribution in [3.8, 4) is 22.6 Å². The van der Waals surface area contributed by atoms with Crippen molar-refractivity contribution >= 4 is 17.1 Å². The fourth-order valence-electron chi connectivity index (χ4n) is 4.43. The maximum Gasteiger partial charge on any atom is 0.0777 e. The van der Waals surface area contributed by atoms with Gasteiger partial charge in [-0.25, -0.2) is 0 Å². The van der Waals surface area contributed by atoms with E-state index in [4.69, 9.17) is 4.98 Å². The van der Waals surface area contributed by atoms with Gasteiger partial charge in [-0.3, -0.25) is 4.98 Å². The number of nitrogens with zero attached hydrogens (tertiary/aromatic N) is 3. The largest absolute Gasteiger partial charge is 0.355 e. The van der Waals surface area contributed by atoms with E-state index in [1.54, 1.807) is 0 Å². The van der Waals surface area contributed by atoms with Crippen molar-refractivity contribution in [1.82, 2.24) is 14.5 Å². The molecule has 6 rings (SSSR count). The molecule has 0 bridgehead atoms. The summed E-state index contributed by atoms with van der Waals surface area (Å²) in [5.74, 6) is 0.992. The van der Waals surface area contributed by atoms with E-state index >= 15 is 0 Å². The van der Waals surface area contributed by atoms with Crippen molar-refractivity contribution in [2.45, 2.75) is 40.2 Å². The van der Waals surface area contributed by atoms with Crippen LogP contribution in [0.15, 0.2) is 79.0 Å². The first-order valence-electron chi connectivity index (χ1n) is 11.9. The average molecular weight is 648 g/mol. The van der Waals surface area contributed by atoms with Gasteiger partial charge in [-0.2, -0.15) is 0 Å². The van der Waals surface area contributed by atoms with Gasteiger partial charge in [-0.1, -0.05) is 37.3 Å². The number of hydrogen-bond donors (Lipinski definition) is 0. The summed E-state index contributed by atoms with van der Waals surface area (Å²) < 4.78 is 2.34. The third kappa shape index (κ3) is 4.97. The normalized spacial score (nSPS) is 13.0. The van der Waals surface area contributed by atoms with Gasteiger partial charge in [0.15, 0.2) is 0 Å². The molecule has 4 heteroatoms. The molecule has 2 aromatic heterocycles. The van der Waals surface area contributed by atoms with E-state index in [9.17, 15) is 0 Å². The molecule has 0 amide bonds. The number of pyridine rings is 1. The summed E-state index contributed by atoms with van der Waals surface area (Å²) in [6.45, 7) is 10.7. The van der Waals surface area contributed by atoms with Crippen molar-refractivity contribution in [2.75, 3.05) is 0 Å². The number of rotatable bonds is 2. The van der Waals surface area contributed by atoms with Gasteiger partial charge in [0.1, 0.15) is 0 Å². The van der Waals surface area contributed by atoms with Crippen LogP contribution in [-0.4, -0.2) is 14.5 Å². The van der Waals surface area contributed by atoms with E-state index in [1.807, 2.05) is 49.5 Å². The molecule has 0 N–H and O–H groups in total. The van der Waals surface area contributed by atoms with Crippen LogP contribution in [-0.2, 0) is 25.6 Å². The quantitative estimate of drug-likeness (QED) is 0.184. The zero-order chi connectivity index (χ0) is 24.6. The first-order chi connectivity index (χ1) is 16.8. The Balaban J connectivity index is 0.000000178. The number of aryl methyl sites for hydroxylation is 3. The summed E-state index contributed by atoms with van der Waals surface area (Å²) in [7, 11) is 0. The van der Waals surface area contributed by atoms with E-state index in [1.165, 1.54) is 27.8 Å². The van der Waals surface area contributed by atoms with Crippen molar-refractivity contribution < 1.29 is 20.1 Å². The van der Waals surface area contributed by atoms with Crippen LogP contribution in [0.2, 0.25) is 0 Å². The summed E-state index contributed by atoms with van der Waals surface area (Å²) >= 11 is 0. The molecule has 183 valence electrons. The first kappa shape index (κ1) is 25.8. The van der Waals surface area contributed by atoms with Crippen molar-refractivity contribution in [1.29, 1.82) is 0 Å². The second-order valence-electron chi connectivity index (χ2n) is 9.70. The van der Waals surface area contributed by atoms with E-state index in [0.717, 1.165) is 28.2 Å². The molecule has 5 aromatic rings. The number of imidazole rings is 1.